The summed E-state index contributed by atoms with van der Waals surface area (Å²) in [7, 11) is 1.22. The number of carbonyl (C=O) groups excluding carboxylic acids is 1. The highest BCUT2D eigenvalue weighted by molar-refractivity contribution is 5.85. The number of aromatic nitrogens is 1. The highest BCUT2D eigenvalue weighted by Gasteiger charge is 2.29. The molecule has 29 heavy (non-hydrogen) atoms. The van der Waals surface area contributed by atoms with Gasteiger partial charge in [-0.15, -0.1) is 0 Å². The van der Waals surface area contributed by atoms with E-state index in [1.807, 2.05) is 6.07 Å². The standard InChI is InChI=1S/C22H17NO6/c1-28-18(24)11-14(15-10-12-6-2-4-8-16(12)23-21(15)26)19-20(25)13-7-3-5-9-17(13)29-22(19)27/h2-10,14,25H,11H2,1H3,(H,23,26)/t14-/m0/s1. The number of fused-ring (bicyclic) bond motifs is 2. The van der Waals surface area contributed by atoms with E-state index in [9.17, 15) is 19.5 Å². The zero-order chi connectivity index (χ0) is 20.5. The fraction of sp³-hybridized carbons (Fsp3) is 0.136. The topological polar surface area (TPSA) is 110 Å². The average Bonchev–Trinajstić information content (AvgIpc) is 2.72. The first kappa shape index (κ1) is 18.5. The molecule has 4 aromatic rings. The molecule has 0 bridgehead atoms. The zero-order valence-electron chi connectivity index (χ0n) is 15.5. The molecule has 146 valence electrons. The van der Waals surface area contributed by atoms with Crippen molar-refractivity contribution in [2.75, 3.05) is 7.11 Å². The van der Waals surface area contributed by atoms with Crippen molar-refractivity contribution in [3.8, 4) is 5.75 Å². The first-order chi connectivity index (χ1) is 14.0. The number of H-pyrrole nitrogens is 1. The van der Waals surface area contributed by atoms with E-state index in [4.69, 9.17) is 9.15 Å². The van der Waals surface area contributed by atoms with Crippen molar-refractivity contribution in [3.63, 3.8) is 0 Å². The second kappa shape index (κ2) is 7.27. The number of para-hydroxylation sites is 2. The fourth-order valence-corrected chi connectivity index (χ4v) is 3.50. The number of nitrogens with one attached hydrogen (secondary N) is 1. The fourth-order valence-electron chi connectivity index (χ4n) is 3.50. The van der Waals surface area contributed by atoms with E-state index in [0.29, 0.717) is 10.9 Å². The molecule has 0 radical (unpaired) electrons. The number of ether oxygens (including phenoxy) is 1. The SMILES string of the molecule is COC(=O)C[C@@H](c1cc2ccccc2[nH]c1=O)c1c(O)c2ccccc2oc1=O. The van der Waals surface area contributed by atoms with E-state index in [2.05, 4.69) is 4.98 Å². The summed E-state index contributed by atoms with van der Waals surface area (Å²) in [4.78, 5) is 40.3. The normalized spacial score (nSPS) is 12.2. The number of rotatable bonds is 4. The van der Waals surface area contributed by atoms with Crippen LogP contribution in [0.3, 0.4) is 0 Å². The van der Waals surface area contributed by atoms with Crippen LogP contribution in [-0.2, 0) is 9.53 Å². The van der Waals surface area contributed by atoms with Crippen LogP contribution in [0.15, 0.2) is 68.6 Å². The monoisotopic (exact) mass is 391 g/mol. The van der Waals surface area contributed by atoms with Crippen LogP contribution in [-0.4, -0.2) is 23.2 Å². The average molecular weight is 391 g/mol. The lowest BCUT2D eigenvalue weighted by Gasteiger charge is -2.17. The third-order valence-corrected chi connectivity index (χ3v) is 4.92. The van der Waals surface area contributed by atoms with E-state index in [-0.39, 0.29) is 28.9 Å². The number of carbonyl (C=O) groups is 1. The molecule has 0 saturated carbocycles. The predicted octanol–water partition coefficient (Wildman–Crippen LogP) is 3.04. The van der Waals surface area contributed by atoms with E-state index in [0.717, 1.165) is 5.39 Å². The van der Waals surface area contributed by atoms with Crippen LogP contribution in [0.4, 0.5) is 0 Å². The first-order valence-electron chi connectivity index (χ1n) is 8.93. The summed E-state index contributed by atoms with van der Waals surface area (Å²) in [5.74, 6) is -2.00. The van der Waals surface area contributed by atoms with Crippen molar-refractivity contribution in [1.82, 2.24) is 4.98 Å². The third-order valence-electron chi connectivity index (χ3n) is 4.92. The Hall–Kier alpha value is -3.87. The van der Waals surface area contributed by atoms with Gasteiger partial charge in [0, 0.05) is 17.0 Å². The Labute approximate surface area is 164 Å². The minimum Gasteiger partial charge on any atom is -0.507 e. The maximum absolute atomic E-state index is 12.8. The number of methoxy groups -OCH3 is 1. The first-order valence-corrected chi connectivity index (χ1v) is 8.93. The maximum atomic E-state index is 12.8. The van der Waals surface area contributed by atoms with Crippen LogP contribution in [0.25, 0.3) is 21.9 Å². The van der Waals surface area contributed by atoms with Crippen molar-refractivity contribution < 1.29 is 19.1 Å². The van der Waals surface area contributed by atoms with Gasteiger partial charge in [0.2, 0.25) is 0 Å². The predicted molar refractivity (Wildman–Crippen MR) is 107 cm³/mol. The Morgan fingerprint density at radius 2 is 1.86 bits per heavy atom. The van der Waals surface area contributed by atoms with E-state index >= 15 is 0 Å². The molecular formula is C22H17NO6. The van der Waals surface area contributed by atoms with Gasteiger partial charge in [0.25, 0.3) is 5.56 Å². The number of hydrogen-bond donors (Lipinski definition) is 2. The van der Waals surface area contributed by atoms with Gasteiger partial charge in [0.15, 0.2) is 0 Å². The molecule has 0 unspecified atom stereocenters. The molecule has 2 N–H and O–H groups in total. The van der Waals surface area contributed by atoms with Gasteiger partial charge in [-0.25, -0.2) is 4.79 Å². The molecule has 1 atom stereocenters. The second-order valence-electron chi connectivity index (χ2n) is 6.62. The van der Waals surface area contributed by atoms with Crippen molar-refractivity contribution in [2.45, 2.75) is 12.3 Å². The lowest BCUT2D eigenvalue weighted by molar-refractivity contribution is -0.140. The highest BCUT2D eigenvalue weighted by atomic mass is 16.5. The Bertz CT molecular complexity index is 1350. The molecule has 0 aliphatic rings. The van der Waals surface area contributed by atoms with Gasteiger partial charge < -0.3 is 19.2 Å². The van der Waals surface area contributed by atoms with Gasteiger partial charge in [0.1, 0.15) is 11.3 Å². The summed E-state index contributed by atoms with van der Waals surface area (Å²) >= 11 is 0. The summed E-state index contributed by atoms with van der Waals surface area (Å²) in [6, 6.07) is 15.2. The van der Waals surface area contributed by atoms with Gasteiger partial charge >= 0.3 is 11.6 Å². The molecule has 0 aliphatic carbocycles. The Kier molecular flexibility index (Phi) is 4.64. The van der Waals surface area contributed by atoms with Crippen molar-refractivity contribution in [3.05, 3.63) is 86.5 Å². The summed E-state index contributed by atoms with van der Waals surface area (Å²) in [5, 5.41) is 11.9. The summed E-state index contributed by atoms with van der Waals surface area (Å²) in [6.07, 6.45) is -0.311. The lowest BCUT2D eigenvalue weighted by Crippen LogP contribution is -2.24. The van der Waals surface area contributed by atoms with Gasteiger partial charge in [-0.3, -0.25) is 9.59 Å². The van der Waals surface area contributed by atoms with E-state index in [1.165, 1.54) is 7.11 Å². The van der Waals surface area contributed by atoms with E-state index < -0.39 is 23.1 Å². The Morgan fingerprint density at radius 1 is 1.14 bits per heavy atom. The molecule has 2 aromatic heterocycles. The van der Waals surface area contributed by atoms with Crippen LogP contribution >= 0.6 is 0 Å². The molecule has 0 fully saturated rings. The Balaban J connectivity index is 2.01. The smallest absolute Gasteiger partial charge is 0.343 e. The van der Waals surface area contributed by atoms with Crippen LogP contribution in [0.5, 0.6) is 5.75 Å². The number of esters is 1. The van der Waals surface area contributed by atoms with Gasteiger partial charge in [0.05, 0.1) is 24.5 Å². The van der Waals surface area contributed by atoms with Crippen LogP contribution in [0, 0.1) is 0 Å². The number of hydrogen-bond acceptors (Lipinski definition) is 6. The second-order valence-corrected chi connectivity index (χ2v) is 6.62. The minimum atomic E-state index is -1.04. The van der Waals surface area contributed by atoms with Gasteiger partial charge in [-0.2, -0.15) is 0 Å². The molecule has 7 nitrogen and oxygen atoms in total. The van der Waals surface area contributed by atoms with Crippen LogP contribution < -0.4 is 11.2 Å². The molecule has 4 rings (SSSR count). The largest absolute Gasteiger partial charge is 0.507 e. The number of pyridine rings is 1. The van der Waals surface area contributed by atoms with E-state index in [1.54, 1.807) is 48.5 Å². The highest BCUT2D eigenvalue weighted by Crippen LogP contribution is 2.35. The van der Waals surface area contributed by atoms with Crippen LogP contribution in [0.2, 0.25) is 0 Å². The minimum absolute atomic E-state index is 0.158. The number of aromatic hydroxyl groups is 1. The number of benzene rings is 2. The summed E-state index contributed by atoms with van der Waals surface area (Å²) in [5.41, 5.74) is -0.454. The molecule has 0 spiro atoms. The molecule has 0 saturated heterocycles. The molecular weight excluding hydrogens is 374 g/mol. The molecule has 7 heteroatoms. The third kappa shape index (κ3) is 3.27. The van der Waals surface area contributed by atoms with Crippen molar-refractivity contribution in [1.29, 1.82) is 0 Å². The Morgan fingerprint density at radius 3 is 2.66 bits per heavy atom. The summed E-state index contributed by atoms with van der Waals surface area (Å²) in [6.45, 7) is 0. The molecule has 2 heterocycles. The van der Waals surface area contributed by atoms with Crippen molar-refractivity contribution >= 4 is 27.8 Å². The number of aromatic amines is 1. The summed E-state index contributed by atoms with van der Waals surface area (Å²) < 4.78 is 10.1. The maximum Gasteiger partial charge on any atom is 0.343 e. The van der Waals surface area contributed by atoms with Gasteiger partial charge in [-0.05, 0) is 29.7 Å². The van der Waals surface area contributed by atoms with Gasteiger partial charge in [-0.1, -0.05) is 30.3 Å². The van der Waals surface area contributed by atoms with Crippen molar-refractivity contribution in [2.24, 2.45) is 0 Å². The quantitative estimate of drug-likeness (QED) is 0.409. The molecule has 0 aliphatic heterocycles. The van der Waals surface area contributed by atoms with Crippen LogP contribution in [0.1, 0.15) is 23.5 Å². The lowest BCUT2D eigenvalue weighted by atomic mass is 9.88. The molecule has 2 aromatic carbocycles. The zero-order valence-corrected chi connectivity index (χ0v) is 15.5. The molecule has 0 amide bonds.